The Labute approximate surface area is 348 Å². The number of carbonyl (C=O) groups is 6. The van der Waals surface area contributed by atoms with Crippen LogP contribution in [0.4, 0.5) is 0 Å². The number of H-pyrrole nitrogens is 1. The molecule has 18 heteroatoms. The fourth-order valence-electron chi connectivity index (χ4n) is 5.89. The predicted molar refractivity (Wildman–Crippen MR) is 227 cm³/mol. The molecule has 6 amide bonds. The van der Waals surface area contributed by atoms with E-state index in [1.54, 1.807) is 57.2 Å². The molecule has 0 unspecified atom stereocenters. The van der Waals surface area contributed by atoms with Crippen LogP contribution in [-0.4, -0.2) is 111 Å². The van der Waals surface area contributed by atoms with Gasteiger partial charge in [-0.15, -0.1) is 0 Å². The molecule has 0 saturated heterocycles. The third kappa shape index (κ3) is 15.7. The number of hydrogen-bond donors (Lipinski definition) is 9. The number of aromatic nitrogens is 2. The first-order chi connectivity index (χ1) is 27.5. The molecule has 316 valence electrons. The number of hydrogen-bond acceptors (Lipinski definition) is 11. The molecule has 0 saturated carbocycles. The third-order valence-electron chi connectivity index (χ3n) is 9.19. The second-order valence-corrected chi connectivity index (χ2v) is 16.9. The molecular weight excluding hydrogens is 783 g/mol. The van der Waals surface area contributed by atoms with Crippen LogP contribution in [-0.2, 0) is 48.0 Å². The molecule has 0 aliphatic heterocycles. The second kappa shape index (κ2) is 23.4. The summed E-state index contributed by atoms with van der Waals surface area (Å²) in [7, 11) is 0. The molecule has 3 aromatic rings. The molecule has 11 N–H and O–H groups in total. The predicted octanol–water partition coefficient (Wildman–Crippen LogP) is 0.932. The Bertz CT molecular complexity index is 1790. The smallest absolute Gasteiger partial charge is 0.243 e. The second-order valence-electron chi connectivity index (χ2n) is 15.0. The topological polar surface area (TPSA) is 264 Å². The number of rotatable bonds is 23. The van der Waals surface area contributed by atoms with Crippen LogP contribution < -0.4 is 38.1 Å². The van der Waals surface area contributed by atoms with Gasteiger partial charge in [0.05, 0.1) is 12.4 Å². The number of nitrogens with one attached hydrogen (secondary N) is 6. The molecule has 1 aromatic heterocycles. The van der Waals surface area contributed by atoms with Crippen molar-refractivity contribution in [2.75, 3.05) is 24.0 Å². The molecular formula is C40H57N9O7S2. The van der Waals surface area contributed by atoms with E-state index in [9.17, 15) is 33.9 Å². The highest BCUT2D eigenvalue weighted by atomic mass is 32.2. The summed E-state index contributed by atoms with van der Waals surface area (Å²) >= 11 is 2.96. The van der Waals surface area contributed by atoms with E-state index in [0.717, 1.165) is 0 Å². The summed E-state index contributed by atoms with van der Waals surface area (Å²) in [6.07, 6.45) is 7.33. The molecule has 0 spiro atoms. The van der Waals surface area contributed by atoms with Gasteiger partial charge in [0.25, 0.3) is 0 Å². The molecule has 0 radical (unpaired) electrons. The number of nitrogens with two attached hydrogens (primary N) is 2. The number of thioether (sulfide) groups is 2. The lowest BCUT2D eigenvalue weighted by Crippen LogP contribution is -2.62. The highest BCUT2D eigenvalue weighted by molar-refractivity contribution is 7.98. The summed E-state index contributed by atoms with van der Waals surface area (Å²) in [6.45, 7) is 5.25. The van der Waals surface area contributed by atoms with Crippen molar-refractivity contribution in [3.05, 3.63) is 83.9 Å². The molecule has 2 aromatic carbocycles. The van der Waals surface area contributed by atoms with E-state index in [0.29, 0.717) is 34.7 Å². The maximum absolute atomic E-state index is 14.3. The van der Waals surface area contributed by atoms with E-state index in [-0.39, 0.29) is 31.4 Å². The summed E-state index contributed by atoms with van der Waals surface area (Å²) in [5, 5.41) is 23.4. The standard InChI is InChI=1S/C40H57N9O7S2/c1-40(2,3)33(39(56)45-29(34(42)51)15-17-57-4)49-38(55)32(21-26-22-43-23-44-26)48-37(54)31(20-24-9-7-6-8-10-24)47-36(53)30(16-18-58-5)46-35(52)28(41)19-25-11-13-27(50)14-12-25/h6-14,22-23,28-33,50H,15-21,41H2,1-5H3,(H2,42,51)(H,43,44)(H,45,56)(H,46,52)(H,47,53)(H,48,54)(H,49,55)/t28-,29-,30+,31-,32-,33+/m0/s1. The number of phenols is 1. The average Bonchev–Trinajstić information content (AvgIpc) is 3.70. The quantitative estimate of drug-likeness (QED) is 0.0649. The van der Waals surface area contributed by atoms with E-state index < -0.39 is 77.1 Å². The molecule has 6 atom stereocenters. The van der Waals surface area contributed by atoms with Crippen molar-refractivity contribution in [1.82, 2.24) is 36.6 Å². The molecule has 1 heterocycles. The summed E-state index contributed by atoms with van der Waals surface area (Å²) in [5.74, 6) is -2.76. The van der Waals surface area contributed by atoms with E-state index in [4.69, 9.17) is 11.5 Å². The molecule has 0 aliphatic carbocycles. The highest BCUT2D eigenvalue weighted by Gasteiger charge is 2.37. The Morgan fingerprint density at radius 1 is 0.690 bits per heavy atom. The monoisotopic (exact) mass is 839 g/mol. The normalized spacial score (nSPS) is 14.4. The van der Waals surface area contributed by atoms with Crippen molar-refractivity contribution >= 4 is 59.0 Å². The minimum absolute atomic E-state index is 0.0396. The van der Waals surface area contributed by atoms with Crippen LogP contribution in [0.3, 0.4) is 0 Å². The van der Waals surface area contributed by atoms with Gasteiger partial charge in [0.15, 0.2) is 0 Å². The summed E-state index contributed by atoms with van der Waals surface area (Å²) in [4.78, 5) is 88.4. The van der Waals surface area contributed by atoms with Crippen molar-refractivity contribution in [3.8, 4) is 5.75 Å². The lowest BCUT2D eigenvalue weighted by atomic mass is 9.85. The minimum atomic E-state index is -1.26. The Balaban J connectivity index is 1.87. The average molecular weight is 840 g/mol. The lowest BCUT2D eigenvalue weighted by Gasteiger charge is -2.33. The van der Waals surface area contributed by atoms with Gasteiger partial charge in [-0.1, -0.05) is 63.2 Å². The Kier molecular flexibility index (Phi) is 19.1. The molecule has 16 nitrogen and oxygen atoms in total. The van der Waals surface area contributed by atoms with Crippen LogP contribution in [0.15, 0.2) is 67.1 Å². The van der Waals surface area contributed by atoms with Crippen molar-refractivity contribution in [2.45, 2.75) is 89.1 Å². The van der Waals surface area contributed by atoms with Crippen molar-refractivity contribution in [1.29, 1.82) is 0 Å². The number of nitrogens with zero attached hydrogens (tertiary/aromatic N) is 1. The highest BCUT2D eigenvalue weighted by Crippen LogP contribution is 2.21. The third-order valence-corrected chi connectivity index (χ3v) is 10.5. The van der Waals surface area contributed by atoms with Crippen molar-refractivity contribution in [3.63, 3.8) is 0 Å². The lowest BCUT2D eigenvalue weighted by molar-refractivity contribution is -0.136. The number of carbonyl (C=O) groups excluding carboxylic acids is 6. The van der Waals surface area contributed by atoms with Gasteiger partial charge in [0.2, 0.25) is 35.4 Å². The first kappa shape index (κ1) is 47.3. The van der Waals surface area contributed by atoms with E-state index in [1.165, 1.54) is 48.2 Å². The van der Waals surface area contributed by atoms with Crippen molar-refractivity contribution < 1.29 is 33.9 Å². The van der Waals surface area contributed by atoms with Gasteiger partial charge in [0.1, 0.15) is 36.0 Å². The summed E-state index contributed by atoms with van der Waals surface area (Å²) in [5.41, 5.74) is 12.9. The minimum Gasteiger partial charge on any atom is -0.508 e. The van der Waals surface area contributed by atoms with Gasteiger partial charge in [-0.05, 0) is 72.0 Å². The van der Waals surface area contributed by atoms with E-state index >= 15 is 0 Å². The van der Waals surface area contributed by atoms with Crippen LogP contribution in [0.5, 0.6) is 5.75 Å². The molecule has 3 rings (SSSR count). The first-order valence-corrected chi connectivity index (χ1v) is 21.6. The SMILES string of the molecule is CSCC[C@H](NC(=O)[C@@H](NC(=O)[C@H](Cc1cnc[nH]1)NC(=O)[C@H](Cc1ccccc1)NC(=O)[C@@H](CCSC)NC(=O)[C@@H](N)Cc1ccc(O)cc1)C(C)(C)C)C(N)=O. The number of primary amides is 1. The fourth-order valence-corrected chi connectivity index (χ4v) is 6.83. The largest absolute Gasteiger partial charge is 0.508 e. The zero-order valence-electron chi connectivity index (χ0n) is 33.6. The summed E-state index contributed by atoms with van der Waals surface area (Å²) in [6, 6.07) is 8.65. The van der Waals surface area contributed by atoms with Crippen LogP contribution in [0.2, 0.25) is 0 Å². The van der Waals surface area contributed by atoms with Crippen LogP contribution in [0.25, 0.3) is 0 Å². The number of amides is 6. The van der Waals surface area contributed by atoms with Gasteiger partial charge in [-0.3, -0.25) is 28.8 Å². The van der Waals surface area contributed by atoms with Gasteiger partial charge in [0, 0.05) is 24.7 Å². The van der Waals surface area contributed by atoms with Gasteiger partial charge in [-0.2, -0.15) is 23.5 Å². The fraction of sp³-hybridized carbons (Fsp3) is 0.475. The number of phenolic OH excluding ortho intramolecular Hbond substituents is 1. The molecule has 0 aliphatic rings. The maximum Gasteiger partial charge on any atom is 0.243 e. The Morgan fingerprint density at radius 2 is 1.21 bits per heavy atom. The molecule has 58 heavy (non-hydrogen) atoms. The Hall–Kier alpha value is -5.07. The van der Waals surface area contributed by atoms with Crippen molar-refractivity contribution in [2.24, 2.45) is 16.9 Å². The zero-order valence-corrected chi connectivity index (χ0v) is 35.2. The maximum atomic E-state index is 14.3. The van der Waals surface area contributed by atoms with Crippen LogP contribution in [0, 0.1) is 5.41 Å². The number of aromatic amines is 1. The number of aromatic hydroxyl groups is 1. The van der Waals surface area contributed by atoms with Crippen LogP contribution in [0.1, 0.15) is 50.4 Å². The van der Waals surface area contributed by atoms with E-state index in [1.807, 2.05) is 18.6 Å². The Morgan fingerprint density at radius 3 is 1.76 bits per heavy atom. The zero-order chi connectivity index (χ0) is 42.8. The number of benzene rings is 2. The summed E-state index contributed by atoms with van der Waals surface area (Å²) < 4.78 is 0. The van der Waals surface area contributed by atoms with Gasteiger partial charge >= 0.3 is 0 Å². The van der Waals surface area contributed by atoms with Crippen LogP contribution >= 0.6 is 23.5 Å². The first-order valence-electron chi connectivity index (χ1n) is 18.9. The van der Waals surface area contributed by atoms with Gasteiger partial charge < -0.3 is 48.1 Å². The number of imidazole rings is 1. The molecule has 0 bridgehead atoms. The molecule has 0 fully saturated rings. The van der Waals surface area contributed by atoms with Gasteiger partial charge in [-0.25, -0.2) is 4.98 Å². The van der Waals surface area contributed by atoms with E-state index in [2.05, 4.69) is 36.6 Å².